The van der Waals surface area contributed by atoms with Gasteiger partial charge in [-0.1, -0.05) is 0 Å². The number of aromatic nitrogens is 2. The summed E-state index contributed by atoms with van der Waals surface area (Å²) in [6.07, 6.45) is -0.525. The van der Waals surface area contributed by atoms with Gasteiger partial charge < -0.3 is 15.5 Å². The van der Waals surface area contributed by atoms with E-state index in [1.54, 1.807) is 4.90 Å². The van der Waals surface area contributed by atoms with Gasteiger partial charge in [0.05, 0.1) is 4.88 Å². The predicted molar refractivity (Wildman–Crippen MR) is 122 cm³/mol. The van der Waals surface area contributed by atoms with Gasteiger partial charge in [0.2, 0.25) is 0 Å². The van der Waals surface area contributed by atoms with Crippen molar-refractivity contribution in [2.45, 2.75) is 75.7 Å². The number of alkyl halides is 5. The largest absolute Gasteiger partial charge is 0.405 e. The van der Waals surface area contributed by atoms with E-state index in [4.69, 9.17) is 0 Å². The summed E-state index contributed by atoms with van der Waals surface area (Å²) in [7, 11) is 0. The molecule has 0 unspecified atom stereocenters. The first-order chi connectivity index (χ1) is 17.1. The molecule has 4 heterocycles. The van der Waals surface area contributed by atoms with E-state index in [0.29, 0.717) is 0 Å². The number of carbonyl (C=O) groups is 2. The van der Waals surface area contributed by atoms with Crippen LogP contribution in [0.5, 0.6) is 0 Å². The number of nitrogens with zero attached hydrogens (tertiary/aromatic N) is 3. The fraction of sp³-hybridized carbons (Fsp3) is 0.565. The van der Waals surface area contributed by atoms with E-state index in [-0.39, 0.29) is 45.1 Å². The van der Waals surface area contributed by atoms with E-state index < -0.39 is 36.5 Å². The molecule has 2 bridgehead atoms. The molecule has 1 aliphatic carbocycles. The minimum absolute atomic E-state index is 0.00992. The number of thiazole rings is 1. The number of fused-ring (bicyclic) bond motifs is 2. The second-order valence-corrected chi connectivity index (χ2v) is 10.4. The van der Waals surface area contributed by atoms with Crippen molar-refractivity contribution in [3.8, 4) is 10.4 Å². The molecule has 2 N–H and O–H groups in total. The standard InChI is InChI=1S/C23H24F5N5O2S/c24-19(25)14-8-16(30-10-23(26,27)28)29-9-15(14)18-17(22(35)33-12-4-5-13(33)7-6-12)32-21(36-18)20(34)31-11-2-1-3-11/h8-9,11-13,19H,1-7,10H2,(H,29,30)(H,31,34). The molecule has 0 aromatic carbocycles. The lowest BCUT2D eigenvalue weighted by molar-refractivity contribution is -0.115. The van der Waals surface area contributed by atoms with Gasteiger partial charge in [-0.25, -0.2) is 18.7 Å². The smallest absolute Gasteiger partial charge is 0.361 e. The average molecular weight is 530 g/mol. The van der Waals surface area contributed by atoms with Gasteiger partial charge >= 0.3 is 6.18 Å². The van der Waals surface area contributed by atoms with E-state index in [1.807, 2.05) is 5.32 Å². The summed E-state index contributed by atoms with van der Waals surface area (Å²) in [6.45, 7) is -1.43. The number of anilines is 1. The number of nitrogens with one attached hydrogen (secondary N) is 2. The molecule has 0 atom stereocenters. The van der Waals surface area contributed by atoms with Gasteiger partial charge in [-0.15, -0.1) is 11.3 Å². The van der Waals surface area contributed by atoms with Gasteiger partial charge in [-0.3, -0.25) is 9.59 Å². The quantitative estimate of drug-likeness (QED) is 0.484. The number of carbonyl (C=O) groups excluding carboxylic acids is 2. The Balaban J connectivity index is 1.53. The highest BCUT2D eigenvalue weighted by molar-refractivity contribution is 7.17. The van der Waals surface area contributed by atoms with Crippen molar-refractivity contribution in [1.82, 2.24) is 20.2 Å². The van der Waals surface area contributed by atoms with Gasteiger partial charge in [0.15, 0.2) is 5.01 Å². The van der Waals surface area contributed by atoms with Crippen LogP contribution in [0.2, 0.25) is 0 Å². The van der Waals surface area contributed by atoms with Crippen LogP contribution in [0.15, 0.2) is 12.3 Å². The fourth-order valence-electron chi connectivity index (χ4n) is 5.04. The molecule has 0 radical (unpaired) electrons. The van der Waals surface area contributed by atoms with Crippen molar-refractivity contribution < 1.29 is 31.5 Å². The van der Waals surface area contributed by atoms with Crippen LogP contribution in [0.4, 0.5) is 27.8 Å². The summed E-state index contributed by atoms with van der Waals surface area (Å²) < 4.78 is 65.8. The third kappa shape index (κ3) is 4.89. The SMILES string of the molecule is O=C(NC1CCC1)c1nc(C(=O)N2C3CCC2CC3)c(-c2cnc(NCC(F)(F)F)cc2C(F)F)s1. The molecule has 2 amide bonds. The van der Waals surface area contributed by atoms with Gasteiger partial charge in [-0.2, -0.15) is 13.2 Å². The minimum Gasteiger partial charge on any atom is -0.361 e. The first-order valence-electron chi connectivity index (χ1n) is 11.8. The number of hydrogen-bond acceptors (Lipinski definition) is 6. The topological polar surface area (TPSA) is 87.2 Å². The summed E-state index contributed by atoms with van der Waals surface area (Å²) in [6, 6.07) is 0.945. The molecule has 7 nitrogen and oxygen atoms in total. The third-order valence-electron chi connectivity index (χ3n) is 7.04. The maximum atomic E-state index is 14.1. The zero-order valence-corrected chi connectivity index (χ0v) is 19.9. The Morgan fingerprint density at radius 2 is 1.78 bits per heavy atom. The van der Waals surface area contributed by atoms with Crippen molar-refractivity contribution in [1.29, 1.82) is 0 Å². The highest BCUT2D eigenvalue weighted by atomic mass is 32.1. The minimum atomic E-state index is -4.56. The van der Waals surface area contributed by atoms with E-state index in [1.165, 1.54) is 0 Å². The van der Waals surface area contributed by atoms with Crippen LogP contribution >= 0.6 is 11.3 Å². The second-order valence-electron chi connectivity index (χ2n) is 9.40. The number of halogens is 5. The third-order valence-corrected chi connectivity index (χ3v) is 8.12. The average Bonchev–Trinajstić information content (AvgIpc) is 3.53. The van der Waals surface area contributed by atoms with Crippen molar-refractivity contribution >= 4 is 29.0 Å². The molecule has 2 aliphatic heterocycles. The normalized spacial score (nSPS) is 21.7. The molecule has 2 aromatic heterocycles. The van der Waals surface area contributed by atoms with Crippen LogP contribution in [-0.2, 0) is 0 Å². The molecule has 2 saturated heterocycles. The highest BCUT2D eigenvalue weighted by Crippen LogP contribution is 2.42. The Labute approximate surface area is 207 Å². The van der Waals surface area contributed by atoms with Crippen LogP contribution in [0.3, 0.4) is 0 Å². The van der Waals surface area contributed by atoms with Crippen LogP contribution in [-0.4, -0.2) is 57.5 Å². The van der Waals surface area contributed by atoms with Crippen LogP contribution < -0.4 is 10.6 Å². The molecule has 36 heavy (non-hydrogen) atoms. The van der Waals surface area contributed by atoms with Crippen molar-refractivity contribution in [2.75, 3.05) is 11.9 Å². The van der Waals surface area contributed by atoms with Gasteiger partial charge in [0.1, 0.15) is 18.1 Å². The van der Waals surface area contributed by atoms with E-state index in [9.17, 15) is 31.5 Å². The predicted octanol–water partition coefficient (Wildman–Crippen LogP) is 5.17. The Morgan fingerprint density at radius 1 is 1.11 bits per heavy atom. The number of rotatable bonds is 7. The Morgan fingerprint density at radius 3 is 2.33 bits per heavy atom. The molecule has 1 saturated carbocycles. The zero-order valence-electron chi connectivity index (χ0n) is 19.1. The summed E-state index contributed by atoms with van der Waals surface area (Å²) in [5, 5.41) is 4.82. The van der Waals surface area contributed by atoms with Gasteiger partial charge in [-0.05, 0) is 51.0 Å². The van der Waals surface area contributed by atoms with Gasteiger partial charge in [0.25, 0.3) is 18.2 Å². The summed E-state index contributed by atoms with van der Waals surface area (Å²) in [4.78, 5) is 36.4. The Bertz CT molecular complexity index is 1150. The number of hydrogen-bond donors (Lipinski definition) is 2. The molecular formula is C23H24F5N5O2S. The molecule has 194 valence electrons. The lowest BCUT2D eigenvalue weighted by atomic mass is 9.93. The van der Waals surface area contributed by atoms with Crippen LogP contribution in [0.25, 0.3) is 10.4 Å². The second kappa shape index (κ2) is 9.56. The van der Waals surface area contributed by atoms with Crippen LogP contribution in [0.1, 0.15) is 77.2 Å². The summed E-state index contributed by atoms with van der Waals surface area (Å²) >= 11 is 0.818. The van der Waals surface area contributed by atoms with Crippen molar-refractivity contribution in [3.63, 3.8) is 0 Å². The summed E-state index contributed by atoms with van der Waals surface area (Å²) in [5.41, 5.74) is -0.822. The molecular weight excluding hydrogens is 505 g/mol. The van der Waals surface area contributed by atoms with Crippen LogP contribution in [0, 0.1) is 0 Å². The first kappa shape index (κ1) is 24.8. The number of pyridine rings is 1. The first-order valence-corrected chi connectivity index (χ1v) is 12.7. The molecule has 5 rings (SSSR count). The van der Waals surface area contributed by atoms with Crippen molar-refractivity contribution in [2.24, 2.45) is 0 Å². The molecule has 0 spiro atoms. The zero-order chi connectivity index (χ0) is 25.6. The maximum absolute atomic E-state index is 14.1. The molecule has 3 aliphatic rings. The highest BCUT2D eigenvalue weighted by Gasteiger charge is 2.44. The lowest BCUT2D eigenvalue weighted by Gasteiger charge is -2.25. The van der Waals surface area contributed by atoms with Crippen molar-refractivity contribution in [3.05, 3.63) is 28.5 Å². The molecule has 13 heteroatoms. The fourth-order valence-corrected chi connectivity index (χ4v) is 6.03. The summed E-state index contributed by atoms with van der Waals surface area (Å²) in [5.74, 6) is -1.28. The van der Waals surface area contributed by atoms with Gasteiger partial charge in [0, 0.05) is 35.4 Å². The Hall–Kier alpha value is -2.83. The van der Waals surface area contributed by atoms with E-state index in [2.05, 4.69) is 15.3 Å². The molecule has 2 aromatic rings. The van der Waals surface area contributed by atoms with E-state index in [0.717, 1.165) is 68.5 Å². The van der Waals surface area contributed by atoms with E-state index >= 15 is 0 Å². The lowest BCUT2D eigenvalue weighted by Crippen LogP contribution is -2.39. The monoisotopic (exact) mass is 529 g/mol. The molecule has 3 fully saturated rings. The maximum Gasteiger partial charge on any atom is 0.405 e. The number of amides is 2. The Kier molecular flexibility index (Phi) is 6.60.